The monoisotopic (exact) mass is 518 g/mol. The van der Waals surface area contributed by atoms with E-state index in [9.17, 15) is 35.1 Å². The second-order valence-electron chi connectivity index (χ2n) is 14.5. The summed E-state index contributed by atoms with van der Waals surface area (Å²) in [5.41, 5.74) is -4.85. The molecule has 0 spiro atoms. The lowest BCUT2D eigenvalue weighted by molar-refractivity contribution is -0.214. The predicted octanol–water partition coefficient (Wildman–Crippen LogP) is 2.72. The van der Waals surface area contributed by atoms with Gasteiger partial charge in [-0.2, -0.15) is 0 Å². The molecule has 208 valence electrons. The van der Waals surface area contributed by atoms with E-state index < -0.39 is 62.9 Å². The van der Waals surface area contributed by atoms with Crippen LogP contribution in [0.3, 0.4) is 0 Å². The highest BCUT2D eigenvalue weighted by atomic mass is 16.3. The van der Waals surface area contributed by atoms with Crippen LogP contribution in [0.4, 0.5) is 0 Å². The Morgan fingerprint density at radius 3 is 2.16 bits per heavy atom. The third-order valence-corrected chi connectivity index (χ3v) is 11.4. The number of allylic oxidation sites excluding steroid dienone is 1. The first-order valence-corrected chi connectivity index (χ1v) is 13.6. The summed E-state index contributed by atoms with van der Waals surface area (Å²) in [6, 6.07) is 0. The van der Waals surface area contributed by atoms with Crippen LogP contribution in [-0.2, 0) is 9.59 Å². The molecule has 7 nitrogen and oxygen atoms in total. The van der Waals surface area contributed by atoms with Crippen molar-refractivity contribution in [3.8, 4) is 0 Å². The van der Waals surface area contributed by atoms with Crippen molar-refractivity contribution in [2.45, 2.75) is 111 Å². The van der Waals surface area contributed by atoms with Crippen molar-refractivity contribution < 1.29 is 35.1 Å². The van der Waals surface area contributed by atoms with Gasteiger partial charge in [-0.15, -0.1) is 0 Å². The summed E-state index contributed by atoms with van der Waals surface area (Å²) in [6.45, 7) is 14.4. The molecule has 10 atom stereocenters. The molecular formula is C30H46O7. The van der Waals surface area contributed by atoms with E-state index in [0.717, 1.165) is 5.57 Å². The van der Waals surface area contributed by atoms with Gasteiger partial charge in [0, 0.05) is 23.2 Å². The maximum atomic E-state index is 13.2. The van der Waals surface area contributed by atoms with E-state index in [2.05, 4.69) is 13.0 Å². The highest BCUT2D eigenvalue weighted by Gasteiger charge is 2.74. The van der Waals surface area contributed by atoms with Gasteiger partial charge in [0.05, 0.1) is 17.8 Å². The predicted molar refractivity (Wildman–Crippen MR) is 139 cm³/mol. The van der Waals surface area contributed by atoms with E-state index in [-0.39, 0.29) is 30.5 Å². The SMILES string of the molecule is CC(C)(O)/C=C/C(=O)C(C)(O)[C@H]1[C@H](O)C[C@@]2(C)[C@@H]3CC=C4[C@@H](CC(=O)[C@@H](O)C4(C)C)[C@]3(C)C(O)C[C@]12C. The molecular weight excluding hydrogens is 472 g/mol. The molecule has 0 aromatic carbocycles. The summed E-state index contributed by atoms with van der Waals surface area (Å²) in [5, 5.41) is 55.7. The summed E-state index contributed by atoms with van der Waals surface area (Å²) < 4.78 is 0. The smallest absolute Gasteiger partial charge is 0.187 e. The molecule has 37 heavy (non-hydrogen) atoms. The lowest BCUT2D eigenvalue weighted by atomic mass is 9.38. The van der Waals surface area contributed by atoms with Gasteiger partial charge in [-0.3, -0.25) is 9.59 Å². The minimum absolute atomic E-state index is 0.112. The van der Waals surface area contributed by atoms with Crippen molar-refractivity contribution in [2.75, 3.05) is 0 Å². The number of aliphatic hydroxyl groups is 5. The first-order chi connectivity index (χ1) is 16.7. The van der Waals surface area contributed by atoms with Crippen LogP contribution in [0, 0.1) is 39.4 Å². The summed E-state index contributed by atoms with van der Waals surface area (Å²) in [5.74, 6) is -1.98. The Bertz CT molecular complexity index is 1050. The van der Waals surface area contributed by atoms with Crippen molar-refractivity contribution in [3.63, 3.8) is 0 Å². The Balaban J connectivity index is 1.79. The Morgan fingerprint density at radius 1 is 1.00 bits per heavy atom. The highest BCUT2D eigenvalue weighted by molar-refractivity contribution is 5.97. The summed E-state index contributed by atoms with van der Waals surface area (Å²) in [7, 11) is 0. The van der Waals surface area contributed by atoms with Gasteiger partial charge in [0.1, 0.15) is 11.7 Å². The molecule has 4 rings (SSSR count). The summed E-state index contributed by atoms with van der Waals surface area (Å²) in [4.78, 5) is 26.1. The number of carbonyl (C=O) groups excluding carboxylic acids is 2. The molecule has 3 saturated carbocycles. The topological polar surface area (TPSA) is 135 Å². The maximum Gasteiger partial charge on any atom is 0.187 e. The van der Waals surface area contributed by atoms with Crippen molar-refractivity contribution >= 4 is 11.6 Å². The Hall–Kier alpha value is -1.38. The molecule has 0 saturated heterocycles. The van der Waals surface area contributed by atoms with Gasteiger partial charge in [-0.1, -0.05) is 52.3 Å². The van der Waals surface area contributed by atoms with E-state index in [0.29, 0.717) is 12.8 Å². The molecule has 7 heteroatoms. The van der Waals surface area contributed by atoms with Crippen molar-refractivity contribution in [2.24, 2.45) is 39.4 Å². The Labute approximate surface area is 220 Å². The largest absolute Gasteiger partial charge is 0.393 e. The van der Waals surface area contributed by atoms with E-state index in [1.807, 2.05) is 27.7 Å². The average Bonchev–Trinajstić information content (AvgIpc) is 2.96. The fourth-order valence-corrected chi connectivity index (χ4v) is 9.23. The number of hydrogen-bond acceptors (Lipinski definition) is 7. The zero-order chi connectivity index (χ0) is 28.1. The zero-order valence-corrected chi connectivity index (χ0v) is 23.6. The van der Waals surface area contributed by atoms with Crippen LogP contribution in [0.15, 0.2) is 23.8 Å². The second-order valence-corrected chi connectivity index (χ2v) is 14.5. The zero-order valence-electron chi connectivity index (χ0n) is 23.6. The quantitative estimate of drug-likeness (QED) is 0.285. The van der Waals surface area contributed by atoms with Crippen LogP contribution in [0.5, 0.6) is 0 Å². The number of rotatable bonds is 4. The van der Waals surface area contributed by atoms with E-state index in [4.69, 9.17) is 0 Å². The molecule has 0 aromatic rings. The average molecular weight is 519 g/mol. The number of ketones is 2. The fourth-order valence-electron chi connectivity index (χ4n) is 9.23. The van der Waals surface area contributed by atoms with Crippen LogP contribution in [0.2, 0.25) is 0 Å². The molecule has 0 bridgehead atoms. The summed E-state index contributed by atoms with van der Waals surface area (Å²) >= 11 is 0. The Kier molecular flexibility index (Phi) is 6.43. The van der Waals surface area contributed by atoms with Crippen LogP contribution in [-0.4, -0.2) is 66.6 Å². The highest BCUT2D eigenvalue weighted by Crippen LogP contribution is 2.75. The molecule has 0 radical (unpaired) electrons. The van der Waals surface area contributed by atoms with Crippen LogP contribution >= 0.6 is 0 Å². The number of carbonyl (C=O) groups is 2. The number of Topliss-reactive ketones (excluding diaryl/α,β-unsaturated/α-hetero) is 1. The van der Waals surface area contributed by atoms with E-state index in [1.165, 1.54) is 32.9 Å². The van der Waals surface area contributed by atoms with Gasteiger partial charge in [-0.05, 0) is 68.8 Å². The number of hydrogen-bond donors (Lipinski definition) is 5. The molecule has 0 amide bonds. The van der Waals surface area contributed by atoms with Gasteiger partial charge in [0.2, 0.25) is 0 Å². The van der Waals surface area contributed by atoms with Crippen molar-refractivity contribution in [1.29, 1.82) is 0 Å². The Morgan fingerprint density at radius 2 is 1.59 bits per heavy atom. The first-order valence-electron chi connectivity index (χ1n) is 13.6. The van der Waals surface area contributed by atoms with Crippen LogP contribution in [0.1, 0.15) is 81.1 Å². The molecule has 3 fully saturated rings. The van der Waals surface area contributed by atoms with Crippen molar-refractivity contribution in [3.05, 3.63) is 23.8 Å². The molecule has 0 heterocycles. The third-order valence-electron chi connectivity index (χ3n) is 11.4. The lowest BCUT2D eigenvalue weighted by Gasteiger charge is -2.67. The lowest BCUT2D eigenvalue weighted by Crippen LogP contribution is -2.66. The molecule has 0 aromatic heterocycles. The van der Waals surface area contributed by atoms with E-state index in [1.54, 1.807) is 0 Å². The van der Waals surface area contributed by atoms with Gasteiger partial charge in [0.15, 0.2) is 11.6 Å². The number of fused-ring (bicyclic) bond motifs is 5. The molecule has 4 aliphatic rings. The maximum absolute atomic E-state index is 13.2. The van der Waals surface area contributed by atoms with Crippen molar-refractivity contribution in [1.82, 2.24) is 0 Å². The number of aliphatic hydroxyl groups excluding tert-OH is 3. The normalized spacial score (nSPS) is 47.1. The van der Waals surface area contributed by atoms with Gasteiger partial charge < -0.3 is 25.5 Å². The van der Waals surface area contributed by atoms with Gasteiger partial charge in [0.25, 0.3) is 0 Å². The third kappa shape index (κ3) is 3.79. The first kappa shape index (κ1) is 28.6. The minimum Gasteiger partial charge on any atom is -0.393 e. The van der Waals surface area contributed by atoms with Gasteiger partial charge in [-0.25, -0.2) is 0 Å². The van der Waals surface area contributed by atoms with Crippen LogP contribution in [0.25, 0.3) is 0 Å². The minimum atomic E-state index is -1.91. The second kappa shape index (κ2) is 8.31. The molecule has 5 N–H and O–H groups in total. The standard InChI is InChI=1S/C30H46O7/c1-25(2,36)12-11-21(33)30(8,37)23-19(32)14-27(5)20-10-9-16-17(13-18(31)24(35)26(16,3)4)29(20,7)22(34)15-28(23,27)6/h9,11-12,17,19-20,22-24,32,34-37H,10,13-15H2,1-8H3/b12-11+/t17-,19-,20+,22?,23+,24-,27+,28-,29+,30?/m1/s1. The molecule has 4 aliphatic carbocycles. The van der Waals surface area contributed by atoms with Crippen LogP contribution < -0.4 is 0 Å². The van der Waals surface area contributed by atoms with E-state index >= 15 is 0 Å². The van der Waals surface area contributed by atoms with Gasteiger partial charge >= 0.3 is 0 Å². The molecule has 0 aliphatic heterocycles. The summed E-state index contributed by atoms with van der Waals surface area (Å²) in [6.07, 6.45) is 3.16. The molecule has 2 unspecified atom stereocenters. The fraction of sp³-hybridized carbons (Fsp3) is 0.800.